The molecule has 0 amide bonds. The van der Waals surface area contributed by atoms with Crippen molar-refractivity contribution < 1.29 is 22.9 Å². The number of unbranched alkanes of at least 4 members (excludes halogenated alkanes) is 2. The van der Waals surface area contributed by atoms with E-state index in [-0.39, 0.29) is 0 Å². The van der Waals surface area contributed by atoms with E-state index in [2.05, 4.69) is 20.4 Å². The van der Waals surface area contributed by atoms with E-state index in [1.807, 2.05) is 6.92 Å². The van der Waals surface area contributed by atoms with Crippen LogP contribution in [0.5, 0.6) is 0 Å². The van der Waals surface area contributed by atoms with Crippen LogP contribution in [0.3, 0.4) is 0 Å². The predicted octanol–water partition coefficient (Wildman–Crippen LogP) is 4.19. The van der Waals surface area contributed by atoms with Crippen molar-refractivity contribution in [1.82, 2.24) is 0 Å². The molecule has 0 aliphatic heterocycles. The van der Waals surface area contributed by atoms with Gasteiger partial charge in [-0.25, -0.2) is 0 Å². The Morgan fingerprint density at radius 3 is 1.85 bits per heavy atom. The van der Waals surface area contributed by atoms with Crippen LogP contribution in [0.25, 0.3) is 0 Å². The minimum atomic E-state index is -3.41. The molecular weight excluding hydrogens is 279 g/mol. The Kier molecular flexibility index (Phi) is 10.9. The van der Waals surface area contributed by atoms with E-state index in [1.54, 1.807) is 6.92 Å². The van der Waals surface area contributed by atoms with Crippen molar-refractivity contribution in [3.05, 3.63) is 12.2 Å². The van der Waals surface area contributed by atoms with Crippen molar-refractivity contribution in [3.8, 4) is 0 Å². The molecule has 0 fully saturated rings. The summed E-state index contributed by atoms with van der Waals surface area (Å²) < 4.78 is 22.3. The summed E-state index contributed by atoms with van der Waals surface area (Å²) in [5.74, 6) is -0.530. The van der Waals surface area contributed by atoms with Gasteiger partial charge in [0.1, 0.15) is 0 Å². The van der Waals surface area contributed by atoms with E-state index in [1.165, 1.54) is 0 Å². The number of carbonyl (C=O) groups is 1. The zero-order chi connectivity index (χ0) is 15.4. The third-order valence-corrected chi connectivity index (χ3v) is 4.63. The fourth-order valence-electron chi connectivity index (χ4n) is 1.27. The summed E-state index contributed by atoms with van der Waals surface area (Å²) in [7, 11) is -3.41. The van der Waals surface area contributed by atoms with Crippen LogP contribution in [-0.2, 0) is 22.9 Å². The molecule has 0 radical (unpaired) electrons. The molecule has 0 aliphatic carbocycles. The normalized spacial score (nSPS) is 12.2. The van der Waals surface area contributed by atoms with Crippen LogP contribution in [-0.4, -0.2) is 25.8 Å². The molecule has 0 aromatic rings. The van der Waals surface area contributed by atoms with E-state index < -0.39 is 14.1 Å². The Hall–Kier alpha value is -0.480. The van der Waals surface area contributed by atoms with Gasteiger partial charge in [0, 0.05) is 0 Å². The van der Waals surface area contributed by atoms with Gasteiger partial charge in [-0.2, -0.15) is 0 Å². The standard InChI is InChI=1S/C14H29O5P/c1-6-9-11-17-20(16-8-3,18-12-10-7-2)19-14(15)13(4)5/h20H,4,6-12H2,1-3,5H3. The van der Waals surface area contributed by atoms with E-state index >= 15 is 0 Å². The molecule has 5 nitrogen and oxygen atoms in total. The second-order valence-electron chi connectivity index (χ2n) is 4.51. The first kappa shape index (κ1) is 19.5. The Morgan fingerprint density at radius 1 is 1.00 bits per heavy atom. The fourth-order valence-corrected chi connectivity index (χ4v) is 3.24. The average Bonchev–Trinajstić information content (AvgIpc) is 2.39. The molecule has 0 bridgehead atoms. The zero-order valence-corrected chi connectivity index (χ0v) is 14.2. The summed E-state index contributed by atoms with van der Waals surface area (Å²) in [5, 5.41) is 0. The van der Waals surface area contributed by atoms with Gasteiger partial charge in [0.05, 0.1) is 0 Å². The van der Waals surface area contributed by atoms with E-state index in [4.69, 9.17) is 18.1 Å². The van der Waals surface area contributed by atoms with Crippen LogP contribution in [0.1, 0.15) is 53.4 Å². The van der Waals surface area contributed by atoms with Gasteiger partial charge in [-0.3, -0.25) is 0 Å². The quantitative estimate of drug-likeness (QED) is 0.307. The molecule has 20 heavy (non-hydrogen) atoms. The zero-order valence-electron chi connectivity index (χ0n) is 13.2. The van der Waals surface area contributed by atoms with Crippen molar-refractivity contribution in [3.63, 3.8) is 0 Å². The molecular formula is C14H29O5P. The van der Waals surface area contributed by atoms with Gasteiger partial charge in [-0.05, 0) is 0 Å². The van der Waals surface area contributed by atoms with Gasteiger partial charge in [-0.15, -0.1) is 0 Å². The molecule has 0 saturated heterocycles. The van der Waals surface area contributed by atoms with Crippen LogP contribution < -0.4 is 0 Å². The number of carbonyl (C=O) groups excluding carboxylic acids is 1. The SMILES string of the molecule is C=C(C)C(=O)O[PH](OCC)(OCCCC)OCCCC. The second-order valence-corrected chi connectivity index (χ2v) is 6.58. The summed E-state index contributed by atoms with van der Waals surface area (Å²) in [6.45, 7) is 12.4. The summed E-state index contributed by atoms with van der Waals surface area (Å²) >= 11 is 0. The summed E-state index contributed by atoms with van der Waals surface area (Å²) in [4.78, 5) is 11.8. The van der Waals surface area contributed by atoms with Gasteiger partial charge in [0.2, 0.25) is 0 Å². The van der Waals surface area contributed by atoms with Crippen LogP contribution in [0.4, 0.5) is 0 Å². The van der Waals surface area contributed by atoms with Crippen LogP contribution >= 0.6 is 8.17 Å². The maximum absolute atomic E-state index is 11.8. The Morgan fingerprint density at radius 2 is 1.50 bits per heavy atom. The van der Waals surface area contributed by atoms with Gasteiger partial charge >= 0.3 is 122 Å². The molecule has 0 aromatic heterocycles. The van der Waals surface area contributed by atoms with Crippen molar-refractivity contribution in [2.75, 3.05) is 19.8 Å². The molecule has 0 N–H and O–H groups in total. The predicted molar refractivity (Wildman–Crippen MR) is 82.6 cm³/mol. The molecule has 6 heteroatoms. The topological polar surface area (TPSA) is 54.0 Å². The first-order chi connectivity index (χ1) is 9.51. The number of hydrogen-bond acceptors (Lipinski definition) is 5. The van der Waals surface area contributed by atoms with E-state index in [0.717, 1.165) is 25.7 Å². The van der Waals surface area contributed by atoms with Crippen molar-refractivity contribution in [1.29, 1.82) is 0 Å². The summed E-state index contributed by atoms with van der Waals surface area (Å²) in [5.41, 5.74) is 0.305. The van der Waals surface area contributed by atoms with Crippen LogP contribution in [0.15, 0.2) is 12.2 Å². The van der Waals surface area contributed by atoms with Gasteiger partial charge < -0.3 is 0 Å². The van der Waals surface area contributed by atoms with Crippen molar-refractivity contribution in [2.24, 2.45) is 0 Å². The van der Waals surface area contributed by atoms with E-state index in [0.29, 0.717) is 25.4 Å². The first-order valence-corrected chi connectivity index (χ1v) is 8.95. The van der Waals surface area contributed by atoms with Crippen LogP contribution in [0, 0.1) is 0 Å². The van der Waals surface area contributed by atoms with Crippen molar-refractivity contribution in [2.45, 2.75) is 53.4 Å². The Labute approximate surface area is 123 Å². The van der Waals surface area contributed by atoms with Gasteiger partial charge in [0.25, 0.3) is 0 Å². The Balaban J connectivity index is 4.78. The Bertz CT molecular complexity index is 283. The third kappa shape index (κ3) is 7.95. The molecule has 0 atom stereocenters. The summed E-state index contributed by atoms with van der Waals surface area (Å²) in [6.07, 6.45) is 3.70. The molecule has 0 heterocycles. The summed E-state index contributed by atoms with van der Waals surface area (Å²) in [6, 6.07) is 0. The first-order valence-electron chi connectivity index (χ1n) is 7.32. The molecule has 0 spiro atoms. The minimum absolute atomic E-state index is 0.305. The molecule has 0 aliphatic rings. The monoisotopic (exact) mass is 308 g/mol. The van der Waals surface area contributed by atoms with Gasteiger partial charge in [0.15, 0.2) is 0 Å². The molecule has 0 aromatic carbocycles. The molecule has 120 valence electrons. The maximum atomic E-state index is 11.8. The fraction of sp³-hybridized carbons (Fsp3) is 0.786. The molecule has 0 rings (SSSR count). The van der Waals surface area contributed by atoms with E-state index in [9.17, 15) is 4.79 Å². The average molecular weight is 308 g/mol. The third-order valence-electron chi connectivity index (χ3n) is 2.44. The molecule has 0 unspecified atom stereocenters. The van der Waals surface area contributed by atoms with Crippen LogP contribution in [0.2, 0.25) is 0 Å². The number of hydrogen-bond donors (Lipinski definition) is 0. The number of rotatable bonds is 12. The second kappa shape index (κ2) is 11.2. The van der Waals surface area contributed by atoms with Crippen molar-refractivity contribution >= 4 is 14.1 Å². The molecule has 0 saturated carbocycles. The van der Waals surface area contributed by atoms with Gasteiger partial charge in [-0.1, -0.05) is 0 Å².